The normalized spacial score (nSPS) is 10.9. The molecule has 0 fully saturated rings. The fraction of sp³-hybridized carbons (Fsp3) is 0.133. The van der Waals surface area contributed by atoms with E-state index in [0.29, 0.717) is 11.6 Å². The fourth-order valence-electron chi connectivity index (χ4n) is 2.16. The van der Waals surface area contributed by atoms with Gasteiger partial charge in [0.05, 0.1) is 15.7 Å². The number of benzene rings is 1. The van der Waals surface area contributed by atoms with Crippen LogP contribution in [-0.4, -0.2) is 15.0 Å². The van der Waals surface area contributed by atoms with Crippen LogP contribution in [-0.2, 0) is 6.42 Å². The summed E-state index contributed by atoms with van der Waals surface area (Å²) in [6.07, 6.45) is 2.56. The average Bonchev–Trinajstić information content (AvgIpc) is 2.49. The number of nitrogens with zero attached hydrogens (tertiary/aromatic N) is 3. The number of hydrogen-bond acceptors (Lipinski definition) is 4. The van der Waals surface area contributed by atoms with Gasteiger partial charge in [0.2, 0.25) is 0 Å². The first-order valence-electron chi connectivity index (χ1n) is 6.36. The van der Waals surface area contributed by atoms with Crippen LogP contribution in [0.15, 0.2) is 41.0 Å². The van der Waals surface area contributed by atoms with Crippen molar-refractivity contribution in [3.05, 3.63) is 46.7 Å². The van der Waals surface area contributed by atoms with Crippen molar-refractivity contribution < 1.29 is 0 Å². The molecule has 0 bridgehead atoms. The van der Waals surface area contributed by atoms with E-state index < -0.39 is 0 Å². The van der Waals surface area contributed by atoms with Crippen LogP contribution in [0.3, 0.4) is 0 Å². The van der Waals surface area contributed by atoms with Gasteiger partial charge in [-0.05, 0) is 34.5 Å². The largest absolute Gasteiger partial charge is 0.383 e. The van der Waals surface area contributed by atoms with Gasteiger partial charge in [0, 0.05) is 17.1 Å². The van der Waals surface area contributed by atoms with Gasteiger partial charge in [0.15, 0.2) is 5.82 Å². The topological polar surface area (TPSA) is 64.7 Å². The van der Waals surface area contributed by atoms with Crippen molar-refractivity contribution in [2.24, 2.45) is 0 Å². The zero-order valence-electron chi connectivity index (χ0n) is 11.0. The Bertz CT molecular complexity index is 781. The molecule has 0 saturated heterocycles. The van der Waals surface area contributed by atoms with E-state index in [1.165, 1.54) is 0 Å². The Morgan fingerprint density at radius 3 is 2.75 bits per heavy atom. The second kappa shape index (κ2) is 5.17. The first-order chi connectivity index (χ1) is 9.70. The van der Waals surface area contributed by atoms with Crippen LogP contribution >= 0.6 is 15.9 Å². The highest BCUT2D eigenvalue weighted by molar-refractivity contribution is 9.10. The van der Waals surface area contributed by atoms with E-state index in [1.807, 2.05) is 37.3 Å². The molecule has 4 nitrogen and oxygen atoms in total. The number of halogens is 1. The average molecular weight is 329 g/mol. The maximum absolute atomic E-state index is 5.96. The molecule has 0 atom stereocenters. The van der Waals surface area contributed by atoms with Gasteiger partial charge in [0.25, 0.3) is 0 Å². The van der Waals surface area contributed by atoms with Gasteiger partial charge in [-0.1, -0.05) is 25.1 Å². The van der Waals surface area contributed by atoms with Crippen LogP contribution in [0, 0.1) is 0 Å². The summed E-state index contributed by atoms with van der Waals surface area (Å²) in [4.78, 5) is 13.4. The lowest BCUT2D eigenvalue weighted by atomic mass is 10.1. The van der Waals surface area contributed by atoms with Crippen LogP contribution in [0.1, 0.15) is 12.6 Å². The zero-order chi connectivity index (χ0) is 14.1. The molecule has 3 aromatic rings. The smallest absolute Gasteiger partial charge is 0.162 e. The van der Waals surface area contributed by atoms with Crippen molar-refractivity contribution in [1.29, 1.82) is 0 Å². The molecule has 3 rings (SSSR count). The Hall–Kier alpha value is -2.01. The van der Waals surface area contributed by atoms with Crippen LogP contribution in [0.2, 0.25) is 0 Å². The van der Waals surface area contributed by atoms with E-state index in [1.54, 1.807) is 6.20 Å². The fourth-order valence-corrected chi connectivity index (χ4v) is 2.62. The van der Waals surface area contributed by atoms with E-state index in [9.17, 15) is 0 Å². The molecule has 0 aliphatic carbocycles. The molecular weight excluding hydrogens is 316 g/mol. The molecule has 5 heteroatoms. The van der Waals surface area contributed by atoms with Crippen molar-refractivity contribution in [2.75, 3.05) is 5.73 Å². The van der Waals surface area contributed by atoms with Gasteiger partial charge in [-0.15, -0.1) is 0 Å². The Labute approximate surface area is 125 Å². The molecule has 0 aliphatic heterocycles. The maximum atomic E-state index is 5.96. The summed E-state index contributed by atoms with van der Waals surface area (Å²) in [6.45, 7) is 2.04. The molecule has 0 spiro atoms. The minimum absolute atomic E-state index is 0.466. The van der Waals surface area contributed by atoms with Gasteiger partial charge < -0.3 is 5.73 Å². The molecule has 2 aromatic heterocycles. The Morgan fingerprint density at radius 2 is 1.95 bits per heavy atom. The summed E-state index contributed by atoms with van der Waals surface area (Å²) in [5.41, 5.74) is 8.75. The van der Waals surface area contributed by atoms with Crippen molar-refractivity contribution in [3.8, 4) is 11.4 Å². The molecule has 20 heavy (non-hydrogen) atoms. The molecule has 0 aliphatic rings. The highest BCUT2D eigenvalue weighted by Gasteiger charge is 2.12. The minimum atomic E-state index is 0.466. The molecule has 1 aromatic carbocycles. The molecule has 0 saturated carbocycles. The van der Waals surface area contributed by atoms with Crippen LogP contribution in [0.25, 0.3) is 22.3 Å². The number of aryl methyl sites for hydroxylation is 1. The quantitative estimate of drug-likeness (QED) is 0.780. The van der Waals surface area contributed by atoms with Gasteiger partial charge in [-0.25, -0.2) is 9.97 Å². The molecule has 100 valence electrons. The summed E-state index contributed by atoms with van der Waals surface area (Å²) >= 11 is 3.43. The van der Waals surface area contributed by atoms with E-state index >= 15 is 0 Å². The molecule has 2 heterocycles. The van der Waals surface area contributed by atoms with Crippen LogP contribution < -0.4 is 5.73 Å². The van der Waals surface area contributed by atoms with E-state index in [4.69, 9.17) is 5.73 Å². The molecule has 0 amide bonds. The van der Waals surface area contributed by atoms with Crippen LogP contribution in [0.5, 0.6) is 0 Å². The summed E-state index contributed by atoms with van der Waals surface area (Å²) in [5, 5.41) is 1.03. The lowest BCUT2D eigenvalue weighted by Crippen LogP contribution is -2.02. The van der Waals surface area contributed by atoms with Crippen LogP contribution in [0.4, 0.5) is 5.82 Å². The highest BCUT2D eigenvalue weighted by Crippen LogP contribution is 2.29. The number of nitrogens with two attached hydrogens (primary N) is 1. The number of anilines is 1. The second-order valence-corrected chi connectivity index (χ2v) is 5.22. The third-order valence-corrected chi connectivity index (χ3v) is 4.03. The third kappa shape index (κ3) is 2.14. The van der Waals surface area contributed by atoms with Crippen molar-refractivity contribution in [3.63, 3.8) is 0 Å². The summed E-state index contributed by atoms with van der Waals surface area (Å²) in [7, 11) is 0. The summed E-state index contributed by atoms with van der Waals surface area (Å²) in [6, 6.07) is 9.86. The molecule has 0 radical (unpaired) electrons. The Morgan fingerprint density at radius 1 is 1.15 bits per heavy atom. The number of rotatable bonds is 2. The van der Waals surface area contributed by atoms with Crippen molar-refractivity contribution >= 4 is 32.7 Å². The lowest BCUT2D eigenvalue weighted by Gasteiger charge is -2.09. The van der Waals surface area contributed by atoms with Crippen molar-refractivity contribution in [2.45, 2.75) is 13.3 Å². The number of fused-ring (bicyclic) bond motifs is 1. The number of pyridine rings is 1. The van der Waals surface area contributed by atoms with Gasteiger partial charge in [-0.3, -0.25) is 4.98 Å². The van der Waals surface area contributed by atoms with Gasteiger partial charge in [0.1, 0.15) is 5.82 Å². The number of aromatic nitrogens is 3. The highest BCUT2D eigenvalue weighted by atomic mass is 79.9. The summed E-state index contributed by atoms with van der Waals surface area (Å²) < 4.78 is 0.780. The lowest BCUT2D eigenvalue weighted by molar-refractivity contribution is 0.996. The van der Waals surface area contributed by atoms with Gasteiger partial charge in [-0.2, -0.15) is 0 Å². The number of para-hydroxylation sites is 1. The standard InChI is InChI=1S/C15H13BrN4/c1-2-11-13(16)14(17)20-15(19-11)10-7-8-18-12-6-4-3-5-9(10)12/h3-8H,2H2,1H3,(H2,17,19,20). The van der Waals surface area contributed by atoms with E-state index in [-0.39, 0.29) is 0 Å². The number of nitrogen functional groups attached to an aromatic ring is 1. The second-order valence-electron chi connectivity index (χ2n) is 4.42. The third-order valence-electron chi connectivity index (χ3n) is 3.17. The zero-order valence-corrected chi connectivity index (χ0v) is 12.6. The van der Waals surface area contributed by atoms with Gasteiger partial charge >= 0.3 is 0 Å². The van der Waals surface area contributed by atoms with Crippen molar-refractivity contribution in [1.82, 2.24) is 15.0 Å². The molecular formula is C15H13BrN4. The molecule has 0 unspecified atom stereocenters. The maximum Gasteiger partial charge on any atom is 0.162 e. The number of hydrogen-bond donors (Lipinski definition) is 1. The predicted molar refractivity (Wildman–Crippen MR) is 84.3 cm³/mol. The Kier molecular flexibility index (Phi) is 3.36. The predicted octanol–water partition coefficient (Wildman–Crippen LogP) is 3.60. The molecule has 2 N–H and O–H groups in total. The first-order valence-corrected chi connectivity index (χ1v) is 7.16. The SMILES string of the molecule is CCc1nc(-c2ccnc3ccccc23)nc(N)c1Br. The summed E-state index contributed by atoms with van der Waals surface area (Å²) in [5.74, 6) is 1.11. The van der Waals surface area contributed by atoms with E-state index in [2.05, 4.69) is 30.9 Å². The monoisotopic (exact) mass is 328 g/mol. The van der Waals surface area contributed by atoms with E-state index in [0.717, 1.165) is 33.1 Å². The first kappa shape index (κ1) is 13.0. The minimum Gasteiger partial charge on any atom is -0.383 e. The Balaban J connectivity index is 2.28.